The number of hydrogen-bond donors (Lipinski definition) is 1. The Morgan fingerprint density at radius 1 is 1.21 bits per heavy atom. The average Bonchev–Trinajstić information content (AvgIpc) is 3.13. The van der Waals surface area contributed by atoms with Crippen molar-refractivity contribution in [2.45, 2.75) is 70.8 Å². The molecule has 1 aliphatic heterocycles. The Morgan fingerprint density at radius 3 is 2.43 bits per heavy atom. The molecule has 6 heteroatoms. The normalized spacial score (nSPS) is 16.9. The highest BCUT2D eigenvalue weighted by atomic mass is 16.5. The molecule has 0 spiro atoms. The summed E-state index contributed by atoms with van der Waals surface area (Å²) >= 11 is 0. The van der Waals surface area contributed by atoms with Crippen molar-refractivity contribution in [2.24, 2.45) is 0 Å². The van der Waals surface area contributed by atoms with Gasteiger partial charge in [0.15, 0.2) is 5.82 Å². The first-order valence-corrected chi connectivity index (χ1v) is 10.0. The lowest BCUT2D eigenvalue weighted by Gasteiger charge is -2.36. The molecule has 0 saturated carbocycles. The number of amides is 1. The van der Waals surface area contributed by atoms with Gasteiger partial charge in [-0.1, -0.05) is 62.7 Å². The average molecular weight is 386 g/mol. The first-order valence-electron chi connectivity index (χ1n) is 10.0. The lowest BCUT2D eigenvalue weighted by Crippen LogP contribution is -2.50. The number of carbonyl (C=O) groups is 1. The maximum absolute atomic E-state index is 13.0. The molecule has 152 valence electrons. The van der Waals surface area contributed by atoms with E-state index in [0.29, 0.717) is 44.2 Å². The standard InChI is InChI=1S/C22H31N3O3/c1-15(2)19-23-20(28-25-19)22(10-12-27-13-11-22)24-18(26)14-21(4,5)17-8-6-16(3)7-9-17/h6-9,15H,10-14H2,1-5H3,(H,24,26). The van der Waals surface area contributed by atoms with E-state index in [-0.39, 0.29) is 17.2 Å². The van der Waals surface area contributed by atoms with E-state index in [4.69, 9.17) is 9.26 Å². The highest BCUT2D eigenvalue weighted by Crippen LogP contribution is 2.33. The van der Waals surface area contributed by atoms with Crippen molar-refractivity contribution in [1.29, 1.82) is 0 Å². The van der Waals surface area contributed by atoms with Crippen molar-refractivity contribution in [1.82, 2.24) is 15.5 Å². The zero-order chi connectivity index (χ0) is 20.4. The summed E-state index contributed by atoms with van der Waals surface area (Å²) in [5.74, 6) is 1.30. The van der Waals surface area contributed by atoms with E-state index in [9.17, 15) is 4.79 Å². The smallest absolute Gasteiger partial charge is 0.252 e. The van der Waals surface area contributed by atoms with Gasteiger partial charge in [-0.15, -0.1) is 0 Å². The Bertz CT molecular complexity index is 803. The highest BCUT2D eigenvalue weighted by molar-refractivity contribution is 5.78. The van der Waals surface area contributed by atoms with Crippen molar-refractivity contribution in [3.05, 3.63) is 47.1 Å². The zero-order valence-corrected chi connectivity index (χ0v) is 17.5. The van der Waals surface area contributed by atoms with Crippen LogP contribution in [-0.4, -0.2) is 29.3 Å². The third-order valence-electron chi connectivity index (χ3n) is 5.53. The second kappa shape index (κ2) is 8.03. The SMILES string of the molecule is Cc1ccc(C(C)(C)CC(=O)NC2(c3nc(C(C)C)no3)CCOCC2)cc1. The van der Waals surface area contributed by atoms with Crippen LogP contribution >= 0.6 is 0 Å². The van der Waals surface area contributed by atoms with E-state index < -0.39 is 5.54 Å². The summed E-state index contributed by atoms with van der Waals surface area (Å²) in [5, 5.41) is 7.32. The third-order valence-corrected chi connectivity index (χ3v) is 5.53. The number of nitrogens with zero attached hydrogens (tertiary/aromatic N) is 2. The molecule has 6 nitrogen and oxygen atoms in total. The van der Waals surface area contributed by atoms with Gasteiger partial charge in [0.2, 0.25) is 5.91 Å². The van der Waals surface area contributed by atoms with Crippen LogP contribution in [0.4, 0.5) is 0 Å². The molecule has 1 aromatic heterocycles. The van der Waals surface area contributed by atoms with Crippen molar-refractivity contribution >= 4 is 5.91 Å². The Hall–Kier alpha value is -2.21. The lowest BCUT2D eigenvalue weighted by atomic mass is 9.80. The minimum absolute atomic E-state index is 0.0169. The van der Waals surface area contributed by atoms with Crippen LogP contribution in [0.3, 0.4) is 0 Å². The van der Waals surface area contributed by atoms with Gasteiger partial charge in [-0.2, -0.15) is 4.98 Å². The van der Waals surface area contributed by atoms with Crippen LogP contribution in [0.5, 0.6) is 0 Å². The predicted molar refractivity (Wildman–Crippen MR) is 107 cm³/mol. The number of nitrogens with one attached hydrogen (secondary N) is 1. The maximum Gasteiger partial charge on any atom is 0.252 e. The van der Waals surface area contributed by atoms with E-state index in [1.807, 2.05) is 13.8 Å². The first-order chi connectivity index (χ1) is 13.2. The minimum atomic E-state index is -0.654. The van der Waals surface area contributed by atoms with E-state index in [0.717, 1.165) is 5.56 Å². The number of aromatic nitrogens is 2. The van der Waals surface area contributed by atoms with Crippen molar-refractivity contribution in [2.75, 3.05) is 13.2 Å². The lowest BCUT2D eigenvalue weighted by molar-refractivity contribution is -0.126. The van der Waals surface area contributed by atoms with Gasteiger partial charge in [0.1, 0.15) is 5.54 Å². The Balaban J connectivity index is 1.78. The second-order valence-electron chi connectivity index (χ2n) is 8.78. The monoisotopic (exact) mass is 385 g/mol. The molecule has 1 aliphatic rings. The molecule has 28 heavy (non-hydrogen) atoms. The summed E-state index contributed by atoms with van der Waals surface area (Å²) in [4.78, 5) is 17.6. The molecule has 0 atom stereocenters. The van der Waals surface area contributed by atoms with Gasteiger partial charge in [-0.3, -0.25) is 4.79 Å². The van der Waals surface area contributed by atoms with E-state index >= 15 is 0 Å². The van der Waals surface area contributed by atoms with Crippen molar-refractivity contribution < 1.29 is 14.1 Å². The fraction of sp³-hybridized carbons (Fsp3) is 0.591. The number of rotatable bonds is 6. The van der Waals surface area contributed by atoms with Crippen LogP contribution in [0.2, 0.25) is 0 Å². The number of ether oxygens (including phenoxy) is 1. The molecular formula is C22H31N3O3. The number of benzene rings is 1. The fourth-order valence-corrected chi connectivity index (χ4v) is 3.60. The van der Waals surface area contributed by atoms with Gasteiger partial charge in [-0.25, -0.2) is 0 Å². The summed E-state index contributed by atoms with van der Waals surface area (Å²) in [6.07, 6.45) is 1.64. The van der Waals surface area contributed by atoms with Crippen LogP contribution in [0, 0.1) is 6.92 Å². The van der Waals surface area contributed by atoms with Gasteiger partial charge in [0.25, 0.3) is 5.89 Å². The van der Waals surface area contributed by atoms with Gasteiger partial charge in [0.05, 0.1) is 0 Å². The summed E-state index contributed by atoms with van der Waals surface area (Å²) in [5.41, 5.74) is 1.43. The molecule has 0 unspecified atom stereocenters. The maximum atomic E-state index is 13.0. The quantitative estimate of drug-likeness (QED) is 0.813. The molecule has 1 fully saturated rings. The van der Waals surface area contributed by atoms with Crippen LogP contribution in [0.25, 0.3) is 0 Å². The first kappa shape index (κ1) is 20.5. The predicted octanol–water partition coefficient (Wildman–Crippen LogP) is 3.99. The van der Waals surface area contributed by atoms with Gasteiger partial charge >= 0.3 is 0 Å². The van der Waals surface area contributed by atoms with Crippen LogP contribution in [0.15, 0.2) is 28.8 Å². The van der Waals surface area contributed by atoms with E-state index in [2.05, 4.69) is 60.5 Å². The van der Waals surface area contributed by atoms with Crippen molar-refractivity contribution in [3.63, 3.8) is 0 Å². The van der Waals surface area contributed by atoms with E-state index in [1.165, 1.54) is 5.56 Å². The summed E-state index contributed by atoms with van der Waals surface area (Å²) < 4.78 is 11.1. The van der Waals surface area contributed by atoms with E-state index in [1.54, 1.807) is 0 Å². The summed E-state index contributed by atoms with van der Waals surface area (Å²) in [6, 6.07) is 8.36. The second-order valence-corrected chi connectivity index (χ2v) is 8.78. The molecule has 1 amide bonds. The molecule has 1 aromatic carbocycles. The molecule has 3 rings (SSSR count). The molecule has 1 saturated heterocycles. The summed E-state index contributed by atoms with van der Waals surface area (Å²) in [6.45, 7) is 11.4. The van der Waals surface area contributed by atoms with Crippen LogP contribution in [0.1, 0.15) is 75.7 Å². The molecule has 2 aromatic rings. The minimum Gasteiger partial charge on any atom is -0.381 e. The topological polar surface area (TPSA) is 77.3 Å². The molecule has 0 aliphatic carbocycles. The molecule has 0 radical (unpaired) electrons. The highest BCUT2D eigenvalue weighted by Gasteiger charge is 2.42. The van der Waals surface area contributed by atoms with Gasteiger partial charge in [0, 0.05) is 38.4 Å². The Morgan fingerprint density at radius 2 is 1.86 bits per heavy atom. The summed E-state index contributed by atoms with van der Waals surface area (Å²) in [7, 11) is 0. The van der Waals surface area contributed by atoms with Gasteiger partial charge in [-0.05, 0) is 17.9 Å². The molecule has 2 heterocycles. The van der Waals surface area contributed by atoms with Crippen LogP contribution in [-0.2, 0) is 20.5 Å². The van der Waals surface area contributed by atoms with Crippen LogP contribution < -0.4 is 5.32 Å². The molecular weight excluding hydrogens is 354 g/mol. The third kappa shape index (κ3) is 4.43. The number of carbonyl (C=O) groups excluding carboxylic acids is 1. The fourth-order valence-electron chi connectivity index (χ4n) is 3.60. The Kier molecular flexibility index (Phi) is 5.89. The largest absolute Gasteiger partial charge is 0.381 e. The Labute approximate surface area is 167 Å². The van der Waals surface area contributed by atoms with Gasteiger partial charge < -0.3 is 14.6 Å². The zero-order valence-electron chi connectivity index (χ0n) is 17.5. The number of hydrogen-bond acceptors (Lipinski definition) is 5. The molecule has 0 bridgehead atoms. The number of aryl methyl sites for hydroxylation is 1. The molecule has 1 N–H and O–H groups in total. The van der Waals surface area contributed by atoms with Crippen molar-refractivity contribution in [3.8, 4) is 0 Å².